The molecule has 0 fully saturated rings. The maximum atomic E-state index is 13.2. The van der Waals surface area contributed by atoms with Gasteiger partial charge in [-0.15, -0.1) is 0 Å². The number of sulfone groups is 1. The van der Waals surface area contributed by atoms with Gasteiger partial charge in [0.15, 0.2) is 16.4 Å². The number of benzene rings is 2. The number of amides is 1. The molecule has 10 nitrogen and oxygen atoms in total. The number of hydrogen-bond donors (Lipinski definition) is 2. The Labute approximate surface area is 239 Å². The average Bonchev–Trinajstić information content (AvgIpc) is 2.90. The van der Waals surface area contributed by atoms with Crippen molar-refractivity contribution >= 4 is 21.7 Å². The molecule has 0 aliphatic carbocycles. The van der Waals surface area contributed by atoms with Crippen molar-refractivity contribution in [2.75, 3.05) is 12.9 Å². The van der Waals surface area contributed by atoms with Gasteiger partial charge >= 0.3 is 18.3 Å². The van der Waals surface area contributed by atoms with Gasteiger partial charge in [-0.3, -0.25) is 14.2 Å². The fourth-order valence-electron chi connectivity index (χ4n) is 3.36. The van der Waals surface area contributed by atoms with E-state index in [1.807, 2.05) is 0 Å². The fraction of sp³-hybridized carbons (Fsp3) is 0.231. The van der Waals surface area contributed by atoms with Crippen LogP contribution in [0, 0.1) is 18.3 Å². The zero-order valence-electron chi connectivity index (χ0n) is 22.1. The van der Waals surface area contributed by atoms with Crippen molar-refractivity contribution in [1.82, 2.24) is 9.88 Å². The monoisotopic (exact) mass is 633 g/mol. The van der Waals surface area contributed by atoms with Crippen molar-refractivity contribution < 1.29 is 54.2 Å². The van der Waals surface area contributed by atoms with E-state index < -0.39 is 57.4 Å². The maximum absolute atomic E-state index is 13.2. The summed E-state index contributed by atoms with van der Waals surface area (Å²) >= 11 is 0. The fourth-order valence-corrected chi connectivity index (χ4v) is 3.99. The van der Waals surface area contributed by atoms with E-state index in [1.54, 1.807) is 6.07 Å². The second-order valence-corrected chi connectivity index (χ2v) is 10.6. The standard InChI is InChI=1S/C24H20F3N3O5S.C2HF3O2/c1-15-21(35-11-10-28)13-20(22(31)29-14-16-6-8-19(9-7-16)36(2,33)34)23(32)30(15)18-5-3-4-17(12-18)24(25,26)27;3-2(4,5)1(6)7/h3-9,12-13H,11,14H2,1-2H3,(H,29,31);(H,6,7). The molecule has 43 heavy (non-hydrogen) atoms. The molecule has 0 saturated heterocycles. The van der Waals surface area contributed by atoms with Gasteiger partial charge in [0, 0.05) is 24.6 Å². The molecule has 0 bridgehead atoms. The Hall–Kier alpha value is -4.85. The molecule has 0 aliphatic heterocycles. The lowest BCUT2D eigenvalue weighted by atomic mass is 10.1. The van der Waals surface area contributed by atoms with Gasteiger partial charge in [-0.1, -0.05) is 18.2 Å². The van der Waals surface area contributed by atoms with Crippen molar-refractivity contribution in [2.24, 2.45) is 0 Å². The van der Waals surface area contributed by atoms with E-state index in [4.69, 9.17) is 19.9 Å². The first-order valence-electron chi connectivity index (χ1n) is 11.6. The molecule has 0 saturated carbocycles. The van der Waals surface area contributed by atoms with Crippen LogP contribution in [0.5, 0.6) is 5.75 Å². The lowest BCUT2D eigenvalue weighted by Crippen LogP contribution is -2.33. The normalized spacial score (nSPS) is 11.5. The summed E-state index contributed by atoms with van der Waals surface area (Å²) in [5.41, 5.74) is -1.79. The summed E-state index contributed by atoms with van der Waals surface area (Å²) in [6.07, 6.45) is -8.68. The molecule has 1 amide bonds. The highest BCUT2D eigenvalue weighted by Gasteiger charge is 2.38. The predicted octanol–water partition coefficient (Wildman–Crippen LogP) is 4.03. The molecule has 2 N–H and O–H groups in total. The second-order valence-electron chi connectivity index (χ2n) is 8.54. The number of aromatic nitrogens is 1. The van der Waals surface area contributed by atoms with E-state index in [2.05, 4.69) is 5.32 Å². The van der Waals surface area contributed by atoms with Gasteiger partial charge in [0.2, 0.25) is 0 Å². The van der Waals surface area contributed by atoms with Gasteiger partial charge < -0.3 is 15.2 Å². The van der Waals surface area contributed by atoms with Crippen LogP contribution in [0.15, 0.2) is 64.3 Å². The molecule has 0 radical (unpaired) electrons. The number of carbonyl (C=O) groups is 2. The Morgan fingerprint density at radius 2 is 1.63 bits per heavy atom. The van der Waals surface area contributed by atoms with E-state index in [1.165, 1.54) is 37.3 Å². The van der Waals surface area contributed by atoms with E-state index in [0.29, 0.717) is 5.56 Å². The van der Waals surface area contributed by atoms with Crippen LogP contribution >= 0.6 is 0 Å². The van der Waals surface area contributed by atoms with Gasteiger partial charge in [-0.05, 0) is 42.8 Å². The van der Waals surface area contributed by atoms with Crippen molar-refractivity contribution in [2.45, 2.75) is 30.7 Å². The van der Waals surface area contributed by atoms with E-state index in [9.17, 15) is 44.3 Å². The molecular formula is C26H21F6N3O7S. The number of nitrogens with one attached hydrogen (secondary N) is 1. The van der Waals surface area contributed by atoms with Gasteiger partial charge in [0.1, 0.15) is 17.4 Å². The first kappa shape index (κ1) is 34.4. The minimum absolute atomic E-state index is 0.0313. The summed E-state index contributed by atoms with van der Waals surface area (Å²) in [5.74, 6) is -3.63. The third-order valence-corrected chi connectivity index (χ3v) is 6.55. The molecule has 2 aromatic carbocycles. The Morgan fingerprint density at radius 1 is 1.05 bits per heavy atom. The Kier molecular flexibility index (Phi) is 10.7. The van der Waals surface area contributed by atoms with Gasteiger partial charge in [0.05, 0.1) is 16.2 Å². The number of rotatable bonds is 7. The molecular weight excluding hydrogens is 612 g/mol. The van der Waals surface area contributed by atoms with E-state index in [-0.39, 0.29) is 28.6 Å². The van der Waals surface area contributed by atoms with Crippen LogP contribution in [-0.4, -0.2) is 49.0 Å². The lowest BCUT2D eigenvalue weighted by molar-refractivity contribution is -0.192. The van der Waals surface area contributed by atoms with E-state index in [0.717, 1.165) is 35.1 Å². The van der Waals surface area contributed by atoms with Crippen molar-refractivity contribution in [1.29, 1.82) is 5.26 Å². The molecule has 0 aliphatic rings. The van der Waals surface area contributed by atoms with Gasteiger partial charge in [-0.25, -0.2) is 13.2 Å². The van der Waals surface area contributed by atoms with Crippen LogP contribution < -0.4 is 15.6 Å². The van der Waals surface area contributed by atoms with Crippen molar-refractivity contribution in [3.05, 3.63) is 87.3 Å². The number of ether oxygens (including phenoxy) is 1. The molecule has 230 valence electrons. The molecule has 3 aromatic rings. The summed E-state index contributed by atoms with van der Waals surface area (Å²) in [7, 11) is -3.40. The second kappa shape index (κ2) is 13.4. The summed E-state index contributed by atoms with van der Waals surface area (Å²) in [6.45, 7) is 0.933. The number of halogens is 6. The van der Waals surface area contributed by atoms with Crippen LogP contribution in [0.3, 0.4) is 0 Å². The van der Waals surface area contributed by atoms with E-state index >= 15 is 0 Å². The number of pyridine rings is 1. The topological polar surface area (TPSA) is 156 Å². The Morgan fingerprint density at radius 3 is 2.12 bits per heavy atom. The third kappa shape index (κ3) is 9.33. The highest BCUT2D eigenvalue weighted by molar-refractivity contribution is 7.90. The summed E-state index contributed by atoms with van der Waals surface area (Å²) in [5, 5.41) is 18.5. The minimum atomic E-state index is -5.08. The quantitative estimate of drug-likeness (QED) is 0.370. The number of carboxylic acids is 1. The number of carbonyl (C=O) groups excluding carboxylic acids is 1. The molecule has 1 heterocycles. The Bertz CT molecular complexity index is 1710. The van der Waals surface area contributed by atoms with Crippen molar-refractivity contribution in [3.63, 3.8) is 0 Å². The lowest BCUT2D eigenvalue weighted by Gasteiger charge is -2.17. The third-order valence-electron chi connectivity index (χ3n) is 5.42. The number of nitriles is 1. The maximum Gasteiger partial charge on any atom is 0.490 e. The minimum Gasteiger partial charge on any atom is -0.477 e. The number of alkyl halides is 6. The average molecular weight is 634 g/mol. The Balaban J connectivity index is 0.000000821. The largest absolute Gasteiger partial charge is 0.490 e. The summed E-state index contributed by atoms with van der Waals surface area (Å²) < 4.78 is 101. The predicted molar refractivity (Wildman–Crippen MR) is 137 cm³/mol. The van der Waals surface area contributed by atoms with Crippen LogP contribution in [-0.2, 0) is 27.4 Å². The van der Waals surface area contributed by atoms with Crippen LogP contribution in [0.4, 0.5) is 26.3 Å². The molecule has 17 heteroatoms. The highest BCUT2D eigenvalue weighted by atomic mass is 32.2. The van der Waals surface area contributed by atoms with Crippen LogP contribution in [0.25, 0.3) is 5.69 Å². The van der Waals surface area contributed by atoms with Gasteiger partial charge in [0.25, 0.3) is 11.5 Å². The number of nitrogens with zero attached hydrogens (tertiary/aromatic N) is 2. The zero-order valence-corrected chi connectivity index (χ0v) is 22.9. The number of carboxylic acid groups (broad SMARTS) is 1. The number of hydrogen-bond acceptors (Lipinski definition) is 7. The molecule has 3 rings (SSSR count). The molecule has 0 atom stereocenters. The molecule has 0 unspecified atom stereocenters. The number of aliphatic carboxylic acids is 1. The zero-order chi connectivity index (χ0) is 32.8. The van der Waals surface area contributed by atoms with Crippen molar-refractivity contribution in [3.8, 4) is 17.5 Å². The van der Waals surface area contributed by atoms with Gasteiger partial charge in [-0.2, -0.15) is 31.6 Å². The molecule has 1 aromatic heterocycles. The van der Waals surface area contributed by atoms with Crippen LogP contribution in [0.1, 0.15) is 27.2 Å². The molecule has 0 spiro atoms. The summed E-state index contributed by atoms with van der Waals surface area (Å²) in [4.78, 5) is 35.1. The first-order valence-corrected chi connectivity index (χ1v) is 13.5. The SMILES string of the molecule is Cc1c(OCC#N)cc(C(=O)NCc2ccc(S(C)(=O)=O)cc2)c(=O)n1-c1cccc(C(F)(F)F)c1.O=C(O)C(F)(F)F. The smallest absolute Gasteiger partial charge is 0.477 e. The van der Waals surface area contributed by atoms with Crippen LogP contribution in [0.2, 0.25) is 0 Å². The highest BCUT2D eigenvalue weighted by Crippen LogP contribution is 2.31. The summed E-state index contributed by atoms with van der Waals surface area (Å²) in [6, 6.07) is 12.6. The first-order chi connectivity index (χ1) is 19.8.